The van der Waals surface area contributed by atoms with Crippen LogP contribution in [0.25, 0.3) is 10.2 Å². The second-order valence-electron chi connectivity index (χ2n) is 6.32. The molecule has 1 atom stereocenters. The van der Waals surface area contributed by atoms with E-state index in [1.165, 1.54) is 11.3 Å². The van der Waals surface area contributed by atoms with Gasteiger partial charge in [-0.1, -0.05) is 29.0 Å². The van der Waals surface area contributed by atoms with E-state index in [9.17, 15) is 9.59 Å². The standard InChI is InChI=1S/C20H19ClN2O4S/c1-11-8-12(2)18-16(9-11)28-20(23-18)22-17(24)10-26-19(25)13(3)27-15-6-4-14(21)5-7-15/h4-9,13H,10H2,1-3H3,(H,22,23,24). The minimum Gasteiger partial charge on any atom is -0.479 e. The van der Waals surface area contributed by atoms with Crippen LogP contribution in [-0.2, 0) is 14.3 Å². The van der Waals surface area contributed by atoms with Crippen LogP contribution in [0.5, 0.6) is 5.75 Å². The van der Waals surface area contributed by atoms with Crippen molar-refractivity contribution in [2.75, 3.05) is 11.9 Å². The van der Waals surface area contributed by atoms with Crippen LogP contribution in [0.2, 0.25) is 5.02 Å². The third-order valence-corrected chi connectivity index (χ3v) is 5.05. The summed E-state index contributed by atoms with van der Waals surface area (Å²) in [6.45, 7) is 5.12. The molecule has 0 aliphatic carbocycles. The van der Waals surface area contributed by atoms with Crippen LogP contribution in [0, 0.1) is 13.8 Å². The average Bonchev–Trinajstić information content (AvgIpc) is 3.04. The first kappa shape index (κ1) is 20.1. The van der Waals surface area contributed by atoms with Gasteiger partial charge in [-0.05, 0) is 62.2 Å². The number of rotatable bonds is 6. The summed E-state index contributed by atoms with van der Waals surface area (Å²) in [6, 6.07) is 10.7. The van der Waals surface area contributed by atoms with Gasteiger partial charge in [-0.3, -0.25) is 10.1 Å². The highest BCUT2D eigenvalue weighted by Gasteiger charge is 2.18. The zero-order chi connectivity index (χ0) is 20.3. The Bertz CT molecular complexity index is 1020. The zero-order valence-corrected chi connectivity index (χ0v) is 17.2. The molecule has 2 aromatic carbocycles. The van der Waals surface area contributed by atoms with Gasteiger partial charge in [0.15, 0.2) is 17.8 Å². The quantitative estimate of drug-likeness (QED) is 0.595. The molecular weight excluding hydrogens is 400 g/mol. The van der Waals surface area contributed by atoms with Crippen molar-refractivity contribution in [3.63, 3.8) is 0 Å². The van der Waals surface area contributed by atoms with Crippen molar-refractivity contribution in [3.05, 3.63) is 52.5 Å². The molecule has 0 radical (unpaired) electrons. The van der Waals surface area contributed by atoms with Gasteiger partial charge >= 0.3 is 5.97 Å². The highest BCUT2D eigenvalue weighted by atomic mass is 35.5. The lowest BCUT2D eigenvalue weighted by Crippen LogP contribution is -2.29. The normalized spacial score (nSPS) is 11.9. The van der Waals surface area contributed by atoms with Gasteiger partial charge in [0.2, 0.25) is 0 Å². The van der Waals surface area contributed by atoms with E-state index in [1.807, 2.05) is 26.0 Å². The molecule has 6 nitrogen and oxygen atoms in total. The van der Waals surface area contributed by atoms with Gasteiger partial charge in [-0.2, -0.15) is 0 Å². The molecular formula is C20H19ClN2O4S. The monoisotopic (exact) mass is 418 g/mol. The van der Waals surface area contributed by atoms with E-state index in [-0.39, 0.29) is 0 Å². The maximum absolute atomic E-state index is 12.1. The molecule has 28 heavy (non-hydrogen) atoms. The van der Waals surface area contributed by atoms with Crippen LogP contribution in [0.1, 0.15) is 18.1 Å². The van der Waals surface area contributed by atoms with E-state index in [4.69, 9.17) is 21.1 Å². The molecule has 8 heteroatoms. The number of carbonyl (C=O) groups is 2. The number of halogens is 1. The number of hydrogen-bond acceptors (Lipinski definition) is 6. The Hall–Kier alpha value is -2.64. The molecule has 0 bridgehead atoms. The summed E-state index contributed by atoms with van der Waals surface area (Å²) in [6.07, 6.45) is -0.859. The van der Waals surface area contributed by atoms with Crippen LogP contribution in [0.4, 0.5) is 5.13 Å². The van der Waals surface area contributed by atoms with Gasteiger partial charge in [-0.25, -0.2) is 9.78 Å². The summed E-state index contributed by atoms with van der Waals surface area (Å²) in [5.74, 6) is -0.611. The van der Waals surface area contributed by atoms with Gasteiger partial charge in [0, 0.05) is 5.02 Å². The van der Waals surface area contributed by atoms with E-state index in [0.717, 1.165) is 21.3 Å². The molecule has 1 N–H and O–H groups in total. The molecule has 0 aliphatic heterocycles. The molecule has 0 saturated carbocycles. The number of benzene rings is 2. The van der Waals surface area contributed by atoms with Crippen molar-refractivity contribution in [3.8, 4) is 5.75 Å². The van der Waals surface area contributed by atoms with Gasteiger partial charge in [0.05, 0.1) is 10.2 Å². The molecule has 1 unspecified atom stereocenters. The number of amides is 1. The highest BCUT2D eigenvalue weighted by Crippen LogP contribution is 2.29. The lowest BCUT2D eigenvalue weighted by atomic mass is 10.1. The molecule has 1 amide bonds. The number of ether oxygens (including phenoxy) is 2. The predicted octanol–water partition coefficient (Wildman–Crippen LogP) is 4.52. The largest absolute Gasteiger partial charge is 0.479 e. The smallest absolute Gasteiger partial charge is 0.347 e. The van der Waals surface area contributed by atoms with E-state index in [0.29, 0.717) is 15.9 Å². The first-order valence-electron chi connectivity index (χ1n) is 8.58. The molecule has 3 aromatic rings. The number of nitrogens with zero attached hydrogens (tertiary/aromatic N) is 1. The Morgan fingerprint density at radius 1 is 1.21 bits per heavy atom. The van der Waals surface area contributed by atoms with E-state index in [1.54, 1.807) is 31.2 Å². The Morgan fingerprint density at radius 3 is 2.64 bits per heavy atom. The highest BCUT2D eigenvalue weighted by molar-refractivity contribution is 7.22. The molecule has 1 aromatic heterocycles. The summed E-state index contributed by atoms with van der Waals surface area (Å²) in [4.78, 5) is 28.5. The Kier molecular flexibility index (Phi) is 6.16. The number of carbonyl (C=O) groups excluding carboxylic acids is 2. The van der Waals surface area contributed by atoms with Gasteiger partial charge in [0.1, 0.15) is 5.75 Å². The summed E-state index contributed by atoms with van der Waals surface area (Å²) in [7, 11) is 0. The number of esters is 1. The van der Waals surface area contributed by atoms with Gasteiger partial charge < -0.3 is 9.47 Å². The van der Waals surface area contributed by atoms with Crippen molar-refractivity contribution >= 4 is 50.2 Å². The second kappa shape index (κ2) is 8.58. The first-order chi connectivity index (χ1) is 13.3. The number of thiazole rings is 1. The molecule has 3 rings (SSSR count). The number of fused-ring (bicyclic) bond motifs is 1. The Morgan fingerprint density at radius 2 is 1.93 bits per heavy atom. The topological polar surface area (TPSA) is 77.5 Å². The SMILES string of the molecule is Cc1cc(C)c2nc(NC(=O)COC(=O)C(C)Oc3ccc(Cl)cc3)sc2c1. The van der Waals surface area contributed by atoms with E-state index < -0.39 is 24.6 Å². The molecule has 0 spiro atoms. The summed E-state index contributed by atoms with van der Waals surface area (Å²) < 4.78 is 11.5. The minimum absolute atomic E-state index is 0.416. The van der Waals surface area contributed by atoms with Crippen molar-refractivity contribution < 1.29 is 19.1 Å². The molecule has 1 heterocycles. The number of hydrogen-bond donors (Lipinski definition) is 1. The number of aryl methyl sites for hydroxylation is 2. The van der Waals surface area contributed by atoms with Crippen molar-refractivity contribution in [1.82, 2.24) is 4.98 Å². The molecule has 0 saturated heterocycles. The Balaban J connectivity index is 1.52. The third-order valence-electron chi connectivity index (χ3n) is 3.88. The summed E-state index contributed by atoms with van der Waals surface area (Å²) in [5.41, 5.74) is 3.04. The lowest BCUT2D eigenvalue weighted by molar-refractivity contribution is -0.153. The van der Waals surface area contributed by atoms with Gasteiger partial charge in [-0.15, -0.1) is 0 Å². The second-order valence-corrected chi connectivity index (χ2v) is 7.78. The lowest BCUT2D eigenvalue weighted by Gasteiger charge is -2.13. The zero-order valence-electron chi connectivity index (χ0n) is 15.6. The number of nitrogens with one attached hydrogen (secondary N) is 1. The maximum Gasteiger partial charge on any atom is 0.347 e. The average molecular weight is 419 g/mol. The fourth-order valence-electron chi connectivity index (χ4n) is 2.60. The van der Waals surface area contributed by atoms with E-state index in [2.05, 4.69) is 10.3 Å². The maximum atomic E-state index is 12.1. The molecule has 0 fully saturated rings. The number of aromatic nitrogens is 1. The molecule has 146 valence electrons. The van der Waals surface area contributed by atoms with Crippen LogP contribution >= 0.6 is 22.9 Å². The van der Waals surface area contributed by atoms with Crippen LogP contribution in [0.3, 0.4) is 0 Å². The number of anilines is 1. The van der Waals surface area contributed by atoms with Gasteiger partial charge in [0.25, 0.3) is 5.91 Å². The first-order valence-corrected chi connectivity index (χ1v) is 9.78. The minimum atomic E-state index is -0.859. The Labute approximate surface area is 171 Å². The predicted molar refractivity (Wildman–Crippen MR) is 110 cm³/mol. The van der Waals surface area contributed by atoms with Crippen LogP contribution in [0.15, 0.2) is 36.4 Å². The van der Waals surface area contributed by atoms with Crippen molar-refractivity contribution in [2.24, 2.45) is 0 Å². The third kappa shape index (κ3) is 4.99. The van der Waals surface area contributed by atoms with Crippen molar-refractivity contribution in [1.29, 1.82) is 0 Å². The van der Waals surface area contributed by atoms with Crippen LogP contribution in [-0.4, -0.2) is 29.6 Å². The van der Waals surface area contributed by atoms with Crippen molar-refractivity contribution in [2.45, 2.75) is 26.9 Å². The van der Waals surface area contributed by atoms with E-state index >= 15 is 0 Å². The summed E-state index contributed by atoms with van der Waals surface area (Å²) in [5, 5.41) is 3.70. The van der Waals surface area contributed by atoms with Crippen LogP contribution < -0.4 is 10.1 Å². The fourth-order valence-corrected chi connectivity index (χ4v) is 3.78. The molecule has 0 aliphatic rings. The fraction of sp³-hybridized carbons (Fsp3) is 0.250. The summed E-state index contributed by atoms with van der Waals surface area (Å²) >= 11 is 7.19.